The molecule has 0 aliphatic carbocycles. The van der Waals surface area contributed by atoms with Crippen molar-refractivity contribution in [2.75, 3.05) is 72.7 Å². The predicted molar refractivity (Wildman–Crippen MR) is 120 cm³/mol. The van der Waals surface area contributed by atoms with Crippen molar-refractivity contribution in [1.82, 2.24) is 20.4 Å². The molecular formula is C21H37N5O2S. The van der Waals surface area contributed by atoms with Crippen LogP contribution in [0, 0.1) is 5.92 Å². The van der Waals surface area contributed by atoms with Crippen molar-refractivity contribution in [3.8, 4) is 0 Å². The van der Waals surface area contributed by atoms with E-state index < -0.39 is 0 Å². The van der Waals surface area contributed by atoms with Crippen LogP contribution < -0.4 is 10.6 Å². The second-order valence-corrected chi connectivity index (χ2v) is 9.04. The first-order chi connectivity index (χ1) is 14.2. The van der Waals surface area contributed by atoms with E-state index in [0.717, 1.165) is 71.6 Å². The molecule has 3 heterocycles. The summed E-state index contributed by atoms with van der Waals surface area (Å²) in [7, 11) is 1.85. The Morgan fingerprint density at radius 1 is 1.24 bits per heavy atom. The lowest BCUT2D eigenvalue weighted by molar-refractivity contribution is -0.0334. The van der Waals surface area contributed by atoms with Crippen LogP contribution in [0.3, 0.4) is 0 Å². The molecule has 0 amide bonds. The second-order valence-electron chi connectivity index (χ2n) is 8.06. The molecule has 3 atom stereocenters. The molecule has 3 unspecified atom stereocenters. The zero-order valence-electron chi connectivity index (χ0n) is 18.1. The van der Waals surface area contributed by atoms with Gasteiger partial charge in [-0.05, 0) is 24.3 Å². The molecule has 1 aromatic heterocycles. The highest BCUT2D eigenvalue weighted by atomic mass is 32.1. The Morgan fingerprint density at radius 2 is 2.03 bits per heavy atom. The van der Waals surface area contributed by atoms with E-state index in [1.165, 1.54) is 4.88 Å². The maximum absolute atomic E-state index is 5.74. The third kappa shape index (κ3) is 7.22. The van der Waals surface area contributed by atoms with Gasteiger partial charge in [-0.1, -0.05) is 13.0 Å². The number of nitrogens with one attached hydrogen (secondary N) is 2. The molecule has 7 nitrogen and oxygen atoms in total. The molecule has 0 radical (unpaired) electrons. The van der Waals surface area contributed by atoms with E-state index in [4.69, 9.17) is 9.47 Å². The number of nitrogens with zero attached hydrogens (tertiary/aromatic N) is 3. The number of morpholine rings is 2. The van der Waals surface area contributed by atoms with E-state index >= 15 is 0 Å². The van der Waals surface area contributed by atoms with Crippen molar-refractivity contribution in [1.29, 1.82) is 0 Å². The maximum Gasteiger partial charge on any atom is 0.191 e. The molecule has 0 spiro atoms. The highest BCUT2D eigenvalue weighted by Gasteiger charge is 2.26. The number of hydrogen-bond acceptors (Lipinski definition) is 6. The molecule has 2 aliphatic heterocycles. The third-order valence-electron chi connectivity index (χ3n) is 5.56. The second kappa shape index (κ2) is 11.9. The SMILES string of the molecule is CN=C(NCC(C)CN1CCOCC1)NCC(c1cccs1)N1CCOC(C)C1. The molecular weight excluding hydrogens is 386 g/mol. The van der Waals surface area contributed by atoms with Gasteiger partial charge in [-0.15, -0.1) is 11.3 Å². The van der Waals surface area contributed by atoms with Crippen molar-refractivity contribution in [2.24, 2.45) is 10.9 Å². The van der Waals surface area contributed by atoms with Gasteiger partial charge in [0, 0.05) is 57.7 Å². The molecule has 0 saturated carbocycles. The Hall–Kier alpha value is -1.19. The fourth-order valence-electron chi connectivity index (χ4n) is 3.99. The molecule has 3 rings (SSSR count). The monoisotopic (exact) mass is 423 g/mol. The number of rotatable bonds is 8. The van der Waals surface area contributed by atoms with Crippen LogP contribution in [0.4, 0.5) is 0 Å². The summed E-state index contributed by atoms with van der Waals surface area (Å²) in [4.78, 5) is 10.8. The number of guanidine groups is 1. The van der Waals surface area contributed by atoms with Gasteiger partial charge in [0.1, 0.15) is 0 Å². The van der Waals surface area contributed by atoms with Crippen LogP contribution in [0.2, 0.25) is 0 Å². The van der Waals surface area contributed by atoms with Gasteiger partial charge in [-0.25, -0.2) is 0 Å². The molecule has 2 saturated heterocycles. The van der Waals surface area contributed by atoms with Gasteiger partial charge in [0.05, 0.1) is 32.0 Å². The molecule has 29 heavy (non-hydrogen) atoms. The summed E-state index contributed by atoms with van der Waals surface area (Å²) in [6, 6.07) is 4.71. The topological polar surface area (TPSA) is 61.4 Å². The molecule has 164 valence electrons. The van der Waals surface area contributed by atoms with Crippen LogP contribution >= 0.6 is 11.3 Å². The predicted octanol–water partition coefficient (Wildman–Crippen LogP) is 1.64. The highest BCUT2D eigenvalue weighted by molar-refractivity contribution is 7.10. The summed E-state index contributed by atoms with van der Waals surface area (Å²) in [6.45, 7) is 13.8. The molecule has 0 aromatic carbocycles. The standard InChI is InChI=1S/C21H37N5O2S/c1-17(15-25-6-9-27-10-7-25)13-23-21(22-3)24-14-19(20-5-4-12-29-20)26-8-11-28-18(2)16-26/h4-5,12,17-19H,6-11,13-16H2,1-3H3,(H2,22,23,24). The molecule has 0 bridgehead atoms. The lowest BCUT2D eigenvalue weighted by atomic mass is 10.1. The summed E-state index contributed by atoms with van der Waals surface area (Å²) in [5.74, 6) is 1.43. The minimum Gasteiger partial charge on any atom is -0.379 e. The lowest BCUT2D eigenvalue weighted by Crippen LogP contribution is -2.48. The maximum atomic E-state index is 5.74. The summed E-state index contributed by atoms with van der Waals surface area (Å²) in [6.07, 6.45) is 0.282. The van der Waals surface area contributed by atoms with Gasteiger partial charge < -0.3 is 20.1 Å². The largest absolute Gasteiger partial charge is 0.379 e. The van der Waals surface area contributed by atoms with Crippen molar-refractivity contribution >= 4 is 17.3 Å². The Morgan fingerprint density at radius 3 is 2.72 bits per heavy atom. The van der Waals surface area contributed by atoms with Crippen molar-refractivity contribution in [2.45, 2.75) is 26.0 Å². The van der Waals surface area contributed by atoms with E-state index in [1.807, 2.05) is 18.4 Å². The number of aliphatic imine (C=N–C) groups is 1. The Balaban J connectivity index is 1.48. The van der Waals surface area contributed by atoms with E-state index in [2.05, 4.69) is 56.8 Å². The first-order valence-electron chi connectivity index (χ1n) is 10.8. The van der Waals surface area contributed by atoms with Crippen molar-refractivity contribution in [3.63, 3.8) is 0 Å². The number of hydrogen-bond donors (Lipinski definition) is 2. The van der Waals surface area contributed by atoms with Gasteiger partial charge in [-0.3, -0.25) is 14.8 Å². The average Bonchev–Trinajstić information content (AvgIpc) is 3.26. The molecule has 2 N–H and O–H groups in total. The van der Waals surface area contributed by atoms with Gasteiger partial charge in [-0.2, -0.15) is 0 Å². The summed E-state index contributed by atoms with van der Waals surface area (Å²) in [5.41, 5.74) is 0. The van der Waals surface area contributed by atoms with Crippen molar-refractivity contribution < 1.29 is 9.47 Å². The van der Waals surface area contributed by atoms with Crippen molar-refractivity contribution in [3.05, 3.63) is 22.4 Å². The third-order valence-corrected chi connectivity index (χ3v) is 6.54. The van der Waals surface area contributed by atoms with Crippen LogP contribution in [0.5, 0.6) is 0 Å². The number of thiophene rings is 1. The summed E-state index contributed by atoms with van der Waals surface area (Å²) < 4.78 is 11.2. The first kappa shape index (κ1) is 22.5. The fourth-order valence-corrected chi connectivity index (χ4v) is 4.85. The molecule has 8 heteroatoms. The van der Waals surface area contributed by atoms with Crippen LogP contribution in [-0.2, 0) is 9.47 Å². The smallest absolute Gasteiger partial charge is 0.191 e. The quantitative estimate of drug-likeness (QED) is 0.490. The normalized spacial score (nSPS) is 24.2. The minimum atomic E-state index is 0.282. The van der Waals surface area contributed by atoms with Gasteiger partial charge >= 0.3 is 0 Å². The summed E-state index contributed by atoms with van der Waals surface area (Å²) >= 11 is 1.82. The van der Waals surface area contributed by atoms with Crippen LogP contribution in [0.25, 0.3) is 0 Å². The van der Waals surface area contributed by atoms with Gasteiger partial charge in [0.2, 0.25) is 0 Å². The van der Waals surface area contributed by atoms with Gasteiger partial charge in [0.15, 0.2) is 5.96 Å². The highest BCUT2D eigenvalue weighted by Crippen LogP contribution is 2.26. The average molecular weight is 424 g/mol. The van der Waals surface area contributed by atoms with Crippen LogP contribution in [0.1, 0.15) is 24.8 Å². The fraction of sp³-hybridized carbons (Fsp3) is 0.762. The summed E-state index contributed by atoms with van der Waals surface area (Å²) in [5, 5.41) is 9.23. The Labute approximate surface area is 179 Å². The molecule has 2 aliphatic rings. The molecule has 2 fully saturated rings. The van der Waals surface area contributed by atoms with Crippen LogP contribution in [-0.4, -0.2) is 94.5 Å². The van der Waals surface area contributed by atoms with E-state index in [9.17, 15) is 0 Å². The number of ether oxygens (including phenoxy) is 2. The first-order valence-corrected chi connectivity index (χ1v) is 11.7. The molecule has 1 aromatic rings. The van der Waals surface area contributed by atoms with Gasteiger partial charge in [0.25, 0.3) is 0 Å². The van der Waals surface area contributed by atoms with E-state index in [1.54, 1.807) is 0 Å². The van der Waals surface area contributed by atoms with E-state index in [0.29, 0.717) is 12.0 Å². The lowest BCUT2D eigenvalue weighted by Gasteiger charge is -2.37. The zero-order chi connectivity index (χ0) is 20.5. The zero-order valence-corrected chi connectivity index (χ0v) is 18.9. The minimum absolute atomic E-state index is 0.282. The Bertz CT molecular complexity index is 606. The Kier molecular flexibility index (Phi) is 9.20. The van der Waals surface area contributed by atoms with E-state index in [-0.39, 0.29) is 6.10 Å². The van der Waals surface area contributed by atoms with Crippen LogP contribution in [0.15, 0.2) is 22.5 Å².